The van der Waals surface area contributed by atoms with Crippen LogP contribution in [0.4, 0.5) is 0 Å². The van der Waals surface area contributed by atoms with E-state index in [9.17, 15) is 4.79 Å². The number of benzene rings is 2. The second kappa shape index (κ2) is 4.83. The van der Waals surface area contributed by atoms with E-state index in [2.05, 4.69) is 10.6 Å². The highest BCUT2D eigenvalue weighted by Crippen LogP contribution is 2.47. The van der Waals surface area contributed by atoms with Crippen molar-refractivity contribution in [1.29, 1.82) is 0 Å². The molecule has 5 nitrogen and oxygen atoms in total. The molecule has 2 N–H and O–H groups in total. The minimum absolute atomic E-state index is 0.295. The average molecular weight is 328 g/mol. The fourth-order valence-electron chi connectivity index (χ4n) is 3.61. The Balaban J connectivity index is 1.99. The SMILES string of the molecule is COC(=O)[C@H]1[C@@H]2NC(=S)N[C@@]1(C)Oc1ccc3ccccc3c12. The number of nitrogens with one attached hydrogen (secondary N) is 2. The number of hydrogen-bond acceptors (Lipinski definition) is 4. The molecule has 2 aromatic carbocycles. The normalized spacial score (nSPS) is 28.2. The van der Waals surface area contributed by atoms with Gasteiger partial charge < -0.3 is 20.1 Å². The summed E-state index contributed by atoms with van der Waals surface area (Å²) in [6, 6.07) is 11.7. The number of rotatable bonds is 1. The molecule has 3 atom stereocenters. The molecule has 0 aliphatic carbocycles. The topological polar surface area (TPSA) is 59.6 Å². The number of methoxy groups -OCH3 is 1. The molecule has 0 amide bonds. The van der Waals surface area contributed by atoms with E-state index in [1.165, 1.54) is 7.11 Å². The van der Waals surface area contributed by atoms with Crippen LogP contribution in [0.5, 0.6) is 5.75 Å². The smallest absolute Gasteiger partial charge is 0.317 e. The summed E-state index contributed by atoms with van der Waals surface area (Å²) in [4.78, 5) is 12.4. The predicted molar refractivity (Wildman–Crippen MR) is 90.1 cm³/mol. The van der Waals surface area contributed by atoms with Crippen LogP contribution in [0.25, 0.3) is 10.8 Å². The van der Waals surface area contributed by atoms with Crippen molar-refractivity contribution in [1.82, 2.24) is 10.6 Å². The van der Waals surface area contributed by atoms with Gasteiger partial charge in [-0.25, -0.2) is 0 Å². The van der Waals surface area contributed by atoms with Crippen LogP contribution in [0.1, 0.15) is 18.5 Å². The van der Waals surface area contributed by atoms with E-state index < -0.39 is 11.6 Å². The summed E-state index contributed by atoms with van der Waals surface area (Å²) in [6.45, 7) is 1.83. The van der Waals surface area contributed by atoms with Gasteiger partial charge in [0.2, 0.25) is 0 Å². The standard InChI is InChI=1S/C17H16N2O3S/c1-17-13(15(20)21-2)14(18-16(23)19-17)12-10-6-4-3-5-9(10)7-8-11(12)22-17/h3-8,13-14H,1-2H3,(H2,18,19,23)/t13-,14-,17+/m1/s1. The van der Waals surface area contributed by atoms with Gasteiger partial charge in [0.15, 0.2) is 10.8 Å². The molecule has 4 rings (SSSR count). The third-order valence-electron chi connectivity index (χ3n) is 4.59. The van der Waals surface area contributed by atoms with Gasteiger partial charge in [-0.2, -0.15) is 0 Å². The number of esters is 1. The summed E-state index contributed by atoms with van der Waals surface area (Å²) in [5.74, 6) is -0.130. The molecular formula is C17H16N2O3S. The maximum Gasteiger partial charge on any atom is 0.317 e. The first-order valence-electron chi connectivity index (χ1n) is 7.40. The van der Waals surface area contributed by atoms with E-state index in [0.29, 0.717) is 5.11 Å². The minimum Gasteiger partial charge on any atom is -0.469 e. The lowest BCUT2D eigenvalue weighted by Crippen LogP contribution is -2.70. The molecule has 2 aromatic rings. The Morgan fingerprint density at radius 3 is 2.87 bits per heavy atom. The first-order chi connectivity index (χ1) is 11.0. The zero-order chi connectivity index (χ0) is 16.2. The molecule has 2 aliphatic rings. The molecule has 0 unspecified atom stereocenters. The van der Waals surface area contributed by atoms with E-state index in [1.807, 2.05) is 43.3 Å². The summed E-state index contributed by atoms with van der Waals surface area (Å²) in [5.41, 5.74) is 0.00931. The number of fused-ring (bicyclic) bond motifs is 6. The lowest BCUT2D eigenvalue weighted by atomic mass is 9.79. The van der Waals surface area contributed by atoms with Gasteiger partial charge in [-0.05, 0) is 36.0 Å². The van der Waals surface area contributed by atoms with Crippen molar-refractivity contribution in [2.24, 2.45) is 5.92 Å². The van der Waals surface area contributed by atoms with Gasteiger partial charge in [0.25, 0.3) is 0 Å². The Bertz CT molecular complexity index is 838. The molecule has 1 fully saturated rings. The van der Waals surface area contributed by atoms with Crippen LogP contribution in [0.3, 0.4) is 0 Å². The number of ether oxygens (including phenoxy) is 2. The lowest BCUT2D eigenvalue weighted by molar-refractivity contribution is -0.159. The largest absolute Gasteiger partial charge is 0.469 e. The predicted octanol–water partition coefficient (Wildman–Crippen LogP) is 2.26. The number of hydrogen-bond donors (Lipinski definition) is 2. The first kappa shape index (κ1) is 14.3. The van der Waals surface area contributed by atoms with Gasteiger partial charge in [0.05, 0.1) is 13.2 Å². The maximum absolute atomic E-state index is 12.4. The molecule has 6 heteroatoms. The van der Waals surface area contributed by atoms with Crippen LogP contribution < -0.4 is 15.4 Å². The van der Waals surface area contributed by atoms with Crippen LogP contribution >= 0.6 is 12.2 Å². The molecule has 2 heterocycles. The second-order valence-corrected chi connectivity index (χ2v) is 6.39. The molecule has 2 bridgehead atoms. The molecule has 1 saturated heterocycles. The van der Waals surface area contributed by atoms with E-state index in [4.69, 9.17) is 21.7 Å². The number of carbonyl (C=O) groups is 1. The quantitative estimate of drug-likeness (QED) is 0.618. The lowest BCUT2D eigenvalue weighted by Gasteiger charge is -2.50. The molecule has 0 aromatic heterocycles. The second-order valence-electron chi connectivity index (χ2n) is 5.98. The van der Waals surface area contributed by atoms with Crippen molar-refractivity contribution in [2.45, 2.75) is 18.7 Å². The minimum atomic E-state index is -0.935. The van der Waals surface area contributed by atoms with E-state index >= 15 is 0 Å². The van der Waals surface area contributed by atoms with Gasteiger partial charge >= 0.3 is 5.97 Å². The van der Waals surface area contributed by atoms with Gasteiger partial charge in [-0.1, -0.05) is 30.3 Å². The van der Waals surface area contributed by atoms with Gasteiger partial charge in [0.1, 0.15) is 11.7 Å². The fourth-order valence-corrected chi connectivity index (χ4v) is 3.94. The highest BCUT2D eigenvalue weighted by atomic mass is 32.1. The number of thiocarbonyl (C=S) groups is 1. The van der Waals surface area contributed by atoms with Crippen molar-refractivity contribution >= 4 is 34.1 Å². The highest BCUT2D eigenvalue weighted by Gasteiger charge is 2.55. The van der Waals surface area contributed by atoms with Crippen molar-refractivity contribution in [3.05, 3.63) is 42.0 Å². The van der Waals surface area contributed by atoms with E-state index in [-0.39, 0.29) is 12.0 Å². The van der Waals surface area contributed by atoms with Gasteiger partial charge in [-0.3, -0.25) is 4.79 Å². The summed E-state index contributed by atoms with van der Waals surface area (Å²) < 4.78 is 11.2. The van der Waals surface area contributed by atoms with Gasteiger partial charge in [0, 0.05) is 5.56 Å². The Labute approximate surface area is 139 Å². The van der Waals surface area contributed by atoms with Crippen LogP contribution in [-0.2, 0) is 9.53 Å². The van der Waals surface area contributed by atoms with Crippen molar-refractivity contribution in [2.75, 3.05) is 7.11 Å². The third-order valence-corrected chi connectivity index (χ3v) is 4.81. The maximum atomic E-state index is 12.4. The Hall–Kier alpha value is -2.34. The van der Waals surface area contributed by atoms with Crippen LogP contribution in [0, 0.1) is 5.92 Å². The summed E-state index contributed by atoms with van der Waals surface area (Å²) in [6.07, 6.45) is 0. The van der Waals surface area contributed by atoms with Crippen LogP contribution in [0.15, 0.2) is 36.4 Å². The highest BCUT2D eigenvalue weighted by molar-refractivity contribution is 7.80. The van der Waals surface area contributed by atoms with E-state index in [1.54, 1.807) is 0 Å². The summed E-state index contributed by atoms with van der Waals surface area (Å²) in [7, 11) is 1.39. The van der Waals surface area contributed by atoms with Crippen LogP contribution in [0.2, 0.25) is 0 Å². The van der Waals surface area contributed by atoms with Crippen molar-refractivity contribution < 1.29 is 14.3 Å². The van der Waals surface area contributed by atoms with Crippen LogP contribution in [-0.4, -0.2) is 23.9 Å². The zero-order valence-corrected chi connectivity index (χ0v) is 13.6. The molecule has 23 heavy (non-hydrogen) atoms. The fraction of sp³-hybridized carbons (Fsp3) is 0.294. The molecular weight excluding hydrogens is 312 g/mol. The summed E-state index contributed by atoms with van der Waals surface area (Å²) >= 11 is 5.31. The molecule has 118 valence electrons. The Kier molecular flexibility index (Phi) is 2.99. The molecule has 0 radical (unpaired) electrons. The van der Waals surface area contributed by atoms with Gasteiger partial charge in [-0.15, -0.1) is 0 Å². The van der Waals surface area contributed by atoms with E-state index in [0.717, 1.165) is 22.1 Å². The Morgan fingerprint density at radius 1 is 1.30 bits per heavy atom. The Morgan fingerprint density at radius 2 is 2.09 bits per heavy atom. The average Bonchev–Trinajstić information content (AvgIpc) is 2.52. The van der Waals surface area contributed by atoms with Crippen molar-refractivity contribution in [3.63, 3.8) is 0 Å². The monoisotopic (exact) mass is 328 g/mol. The van der Waals surface area contributed by atoms with Crippen molar-refractivity contribution in [3.8, 4) is 5.75 Å². The molecule has 2 aliphatic heterocycles. The number of carbonyl (C=O) groups excluding carboxylic acids is 1. The molecule has 0 saturated carbocycles. The zero-order valence-electron chi connectivity index (χ0n) is 12.8. The summed E-state index contributed by atoms with van der Waals surface area (Å²) in [5, 5.41) is 8.91. The third kappa shape index (κ3) is 1.98. The molecule has 0 spiro atoms. The first-order valence-corrected chi connectivity index (χ1v) is 7.81.